The number of rotatable bonds is 7. The van der Waals surface area contributed by atoms with Gasteiger partial charge in [-0.15, -0.1) is 0 Å². The maximum absolute atomic E-state index is 11.9. The Bertz CT molecular complexity index is 746. The van der Waals surface area contributed by atoms with Crippen LogP contribution in [0.2, 0.25) is 0 Å². The predicted octanol–water partition coefficient (Wildman–Crippen LogP) is 3.33. The first-order chi connectivity index (χ1) is 12.0. The van der Waals surface area contributed by atoms with Crippen molar-refractivity contribution >= 4 is 33.5 Å². The number of nitrogens with one attached hydrogen (secondary N) is 1. The molecule has 0 atom stereocenters. The highest BCUT2D eigenvalue weighted by atomic mass is 79.9. The van der Waals surface area contributed by atoms with Crippen molar-refractivity contribution in [2.45, 2.75) is 6.92 Å². The van der Waals surface area contributed by atoms with E-state index in [1.54, 1.807) is 36.4 Å². The second-order valence-corrected chi connectivity index (χ2v) is 6.07. The Balaban J connectivity index is 1.78. The molecule has 2 aromatic carbocycles. The lowest BCUT2D eigenvalue weighted by molar-refractivity contribution is -0.149. The van der Waals surface area contributed by atoms with E-state index >= 15 is 0 Å². The number of hydrogen-bond acceptors (Lipinski definition) is 5. The van der Waals surface area contributed by atoms with Crippen LogP contribution in [0.5, 0.6) is 11.5 Å². The molecule has 0 aromatic heterocycles. The molecule has 0 saturated carbocycles. The van der Waals surface area contributed by atoms with Crippen LogP contribution < -0.4 is 14.8 Å². The average molecular weight is 408 g/mol. The Kier molecular flexibility index (Phi) is 6.82. The zero-order valence-corrected chi connectivity index (χ0v) is 15.5. The Morgan fingerprint density at radius 2 is 1.80 bits per heavy atom. The van der Waals surface area contributed by atoms with Crippen LogP contribution >= 0.6 is 15.9 Å². The molecule has 0 radical (unpaired) electrons. The minimum absolute atomic E-state index is 0.275. The maximum atomic E-state index is 11.9. The Labute approximate surface area is 154 Å². The molecule has 0 aliphatic rings. The van der Waals surface area contributed by atoms with Gasteiger partial charge in [0.1, 0.15) is 11.5 Å². The number of anilines is 1. The molecular weight excluding hydrogens is 390 g/mol. The molecule has 0 heterocycles. The van der Waals surface area contributed by atoms with E-state index < -0.39 is 18.5 Å². The molecule has 0 aliphatic heterocycles. The van der Waals surface area contributed by atoms with Crippen molar-refractivity contribution in [3.8, 4) is 11.5 Å². The summed E-state index contributed by atoms with van der Waals surface area (Å²) in [4.78, 5) is 23.6. The molecular formula is C18H18BrNO5. The van der Waals surface area contributed by atoms with Gasteiger partial charge in [-0.25, -0.2) is 4.79 Å². The summed E-state index contributed by atoms with van der Waals surface area (Å²) in [7, 11) is 1.51. The highest BCUT2D eigenvalue weighted by Gasteiger charge is 2.11. The van der Waals surface area contributed by atoms with Gasteiger partial charge in [-0.05, 0) is 48.9 Å². The third-order valence-electron chi connectivity index (χ3n) is 3.16. The van der Waals surface area contributed by atoms with Gasteiger partial charge in [0.2, 0.25) is 0 Å². The Morgan fingerprint density at radius 3 is 2.48 bits per heavy atom. The van der Waals surface area contributed by atoms with Gasteiger partial charge in [0.25, 0.3) is 5.91 Å². The molecule has 0 bridgehead atoms. The Hall–Kier alpha value is -2.54. The Morgan fingerprint density at radius 1 is 1.08 bits per heavy atom. The largest absolute Gasteiger partial charge is 0.495 e. The van der Waals surface area contributed by atoms with Crippen molar-refractivity contribution in [2.75, 3.05) is 25.6 Å². The van der Waals surface area contributed by atoms with Crippen molar-refractivity contribution in [3.05, 3.63) is 52.5 Å². The monoisotopic (exact) mass is 407 g/mol. The first-order valence-electron chi connectivity index (χ1n) is 7.46. The lowest BCUT2D eigenvalue weighted by Crippen LogP contribution is -2.23. The van der Waals surface area contributed by atoms with E-state index in [0.717, 1.165) is 10.0 Å². The van der Waals surface area contributed by atoms with E-state index in [9.17, 15) is 9.59 Å². The molecule has 2 aromatic rings. The molecule has 2 rings (SSSR count). The van der Waals surface area contributed by atoms with Crippen LogP contribution in [0.3, 0.4) is 0 Å². The summed E-state index contributed by atoms with van der Waals surface area (Å²) in [5.74, 6) is -0.0203. The number of carbonyl (C=O) groups excluding carboxylic acids is 2. The van der Waals surface area contributed by atoms with Gasteiger partial charge in [0.15, 0.2) is 13.2 Å². The normalized spacial score (nSPS) is 10.0. The van der Waals surface area contributed by atoms with E-state index in [1.807, 2.05) is 13.0 Å². The second kappa shape index (κ2) is 9.08. The lowest BCUT2D eigenvalue weighted by atomic mass is 10.2. The molecule has 0 spiro atoms. The second-order valence-electron chi connectivity index (χ2n) is 5.16. The minimum Gasteiger partial charge on any atom is -0.495 e. The number of methoxy groups -OCH3 is 1. The number of ether oxygens (including phenoxy) is 3. The highest BCUT2D eigenvalue weighted by Crippen LogP contribution is 2.25. The zero-order chi connectivity index (χ0) is 18.2. The van der Waals surface area contributed by atoms with Gasteiger partial charge in [0, 0.05) is 4.47 Å². The van der Waals surface area contributed by atoms with E-state index in [2.05, 4.69) is 21.2 Å². The van der Waals surface area contributed by atoms with E-state index in [1.165, 1.54) is 7.11 Å². The molecule has 1 amide bonds. The molecule has 1 N–H and O–H groups in total. The fraction of sp³-hybridized carbons (Fsp3) is 0.222. The summed E-state index contributed by atoms with van der Waals surface area (Å²) in [6.45, 7) is 1.22. The maximum Gasteiger partial charge on any atom is 0.344 e. The average Bonchev–Trinajstić information content (AvgIpc) is 2.59. The molecule has 0 saturated heterocycles. The summed E-state index contributed by atoms with van der Waals surface area (Å²) < 4.78 is 16.3. The fourth-order valence-electron chi connectivity index (χ4n) is 1.97. The van der Waals surface area contributed by atoms with Crippen molar-refractivity contribution in [1.29, 1.82) is 0 Å². The summed E-state index contributed by atoms with van der Waals surface area (Å²) in [5.41, 5.74) is 1.49. The predicted molar refractivity (Wildman–Crippen MR) is 97.0 cm³/mol. The molecule has 25 heavy (non-hydrogen) atoms. The zero-order valence-electron chi connectivity index (χ0n) is 13.9. The summed E-state index contributed by atoms with van der Waals surface area (Å²) >= 11 is 3.31. The van der Waals surface area contributed by atoms with Gasteiger partial charge >= 0.3 is 5.97 Å². The molecule has 0 unspecified atom stereocenters. The number of amides is 1. The quantitative estimate of drug-likeness (QED) is 0.712. The SMILES string of the molecule is COc1ccc(C)cc1NC(=O)COC(=O)COc1ccc(Br)cc1. The summed E-state index contributed by atoms with van der Waals surface area (Å²) in [5, 5.41) is 2.65. The molecule has 0 aliphatic carbocycles. The van der Waals surface area contributed by atoms with Crippen molar-refractivity contribution in [3.63, 3.8) is 0 Å². The van der Waals surface area contributed by atoms with E-state index in [-0.39, 0.29) is 6.61 Å². The van der Waals surface area contributed by atoms with Crippen LogP contribution in [-0.4, -0.2) is 32.2 Å². The first kappa shape index (κ1) is 18.8. The number of aryl methyl sites for hydroxylation is 1. The molecule has 7 heteroatoms. The van der Waals surface area contributed by atoms with Crippen LogP contribution in [0.4, 0.5) is 5.69 Å². The van der Waals surface area contributed by atoms with Crippen molar-refractivity contribution in [2.24, 2.45) is 0 Å². The molecule has 0 fully saturated rings. The van der Waals surface area contributed by atoms with Gasteiger partial charge in [-0.1, -0.05) is 22.0 Å². The molecule has 132 valence electrons. The number of benzene rings is 2. The van der Waals surface area contributed by atoms with Crippen LogP contribution in [0, 0.1) is 6.92 Å². The number of esters is 1. The first-order valence-corrected chi connectivity index (χ1v) is 8.25. The van der Waals surface area contributed by atoms with Crippen molar-refractivity contribution in [1.82, 2.24) is 0 Å². The topological polar surface area (TPSA) is 73.9 Å². The van der Waals surface area contributed by atoms with Gasteiger partial charge in [-0.3, -0.25) is 4.79 Å². The van der Waals surface area contributed by atoms with Gasteiger partial charge < -0.3 is 19.5 Å². The van der Waals surface area contributed by atoms with Crippen LogP contribution in [0.15, 0.2) is 46.9 Å². The van der Waals surface area contributed by atoms with Crippen LogP contribution in [0.1, 0.15) is 5.56 Å². The van der Waals surface area contributed by atoms with Crippen LogP contribution in [-0.2, 0) is 14.3 Å². The van der Waals surface area contributed by atoms with Gasteiger partial charge in [-0.2, -0.15) is 0 Å². The number of hydrogen-bond donors (Lipinski definition) is 1. The van der Waals surface area contributed by atoms with E-state index in [4.69, 9.17) is 14.2 Å². The summed E-state index contributed by atoms with van der Waals surface area (Å²) in [6.07, 6.45) is 0. The van der Waals surface area contributed by atoms with Crippen LogP contribution in [0.25, 0.3) is 0 Å². The third-order valence-corrected chi connectivity index (χ3v) is 3.69. The highest BCUT2D eigenvalue weighted by molar-refractivity contribution is 9.10. The third kappa shape index (κ3) is 6.11. The lowest BCUT2D eigenvalue weighted by Gasteiger charge is -2.11. The minimum atomic E-state index is -0.630. The standard InChI is InChI=1S/C18H18BrNO5/c1-12-3-8-16(23-2)15(9-12)20-17(21)10-25-18(22)11-24-14-6-4-13(19)5-7-14/h3-9H,10-11H2,1-2H3,(H,20,21). The smallest absolute Gasteiger partial charge is 0.344 e. The van der Waals surface area contributed by atoms with E-state index in [0.29, 0.717) is 17.2 Å². The molecule has 6 nitrogen and oxygen atoms in total. The fourth-order valence-corrected chi connectivity index (χ4v) is 2.23. The summed E-state index contributed by atoms with van der Waals surface area (Å²) in [6, 6.07) is 12.4. The van der Waals surface area contributed by atoms with Gasteiger partial charge in [0.05, 0.1) is 12.8 Å². The number of halogens is 1. The number of carbonyl (C=O) groups is 2. The van der Waals surface area contributed by atoms with Crippen molar-refractivity contribution < 1.29 is 23.8 Å².